The number of carboxylic acids is 1. The van der Waals surface area contributed by atoms with Crippen LogP contribution in [-0.4, -0.2) is 31.1 Å². The molecule has 0 saturated heterocycles. The lowest BCUT2D eigenvalue weighted by Gasteiger charge is -2.03. The Morgan fingerprint density at radius 2 is 1.95 bits per heavy atom. The van der Waals surface area contributed by atoms with Crippen LogP contribution in [0.15, 0.2) is 48.9 Å². The zero-order valence-electron chi connectivity index (χ0n) is 10.6. The van der Waals surface area contributed by atoms with Crippen LogP contribution in [-0.2, 0) is 0 Å². The van der Waals surface area contributed by atoms with E-state index in [9.17, 15) is 4.79 Å². The number of benzene rings is 1. The van der Waals surface area contributed by atoms with Gasteiger partial charge < -0.3 is 5.11 Å². The molecule has 2 heterocycles. The summed E-state index contributed by atoms with van der Waals surface area (Å²) in [5.74, 6) is -1.09. The average molecular weight is 301 g/mol. The Kier molecular flexibility index (Phi) is 3.37. The molecule has 0 fully saturated rings. The van der Waals surface area contributed by atoms with Crippen molar-refractivity contribution < 1.29 is 9.90 Å². The molecule has 3 aromatic rings. The largest absolute Gasteiger partial charge is 0.478 e. The van der Waals surface area contributed by atoms with Crippen molar-refractivity contribution in [2.24, 2.45) is 0 Å². The van der Waals surface area contributed by atoms with Crippen LogP contribution in [0.25, 0.3) is 16.9 Å². The summed E-state index contributed by atoms with van der Waals surface area (Å²) >= 11 is 5.85. The van der Waals surface area contributed by atoms with Gasteiger partial charge in [0.15, 0.2) is 0 Å². The molecule has 0 spiro atoms. The van der Waals surface area contributed by atoms with E-state index in [0.717, 1.165) is 5.56 Å². The van der Waals surface area contributed by atoms with E-state index in [4.69, 9.17) is 16.7 Å². The van der Waals surface area contributed by atoms with E-state index in [1.807, 2.05) is 12.1 Å². The first kappa shape index (κ1) is 13.3. The summed E-state index contributed by atoms with van der Waals surface area (Å²) in [6.07, 6.45) is 5.04. The van der Waals surface area contributed by atoms with Crippen molar-refractivity contribution in [3.63, 3.8) is 0 Å². The van der Waals surface area contributed by atoms with Gasteiger partial charge in [-0.1, -0.05) is 16.8 Å². The monoisotopic (exact) mass is 300 g/mol. The van der Waals surface area contributed by atoms with Gasteiger partial charge in [0.25, 0.3) is 0 Å². The molecule has 1 N–H and O–H groups in total. The summed E-state index contributed by atoms with van der Waals surface area (Å²) < 4.78 is 1.50. The predicted octanol–water partition coefficient (Wildman–Crippen LogP) is 2.68. The van der Waals surface area contributed by atoms with Crippen molar-refractivity contribution in [2.45, 2.75) is 0 Å². The van der Waals surface area contributed by atoms with Gasteiger partial charge in [-0.05, 0) is 30.3 Å². The molecule has 104 valence electrons. The van der Waals surface area contributed by atoms with Crippen LogP contribution in [0.2, 0.25) is 5.02 Å². The third kappa shape index (κ3) is 2.61. The van der Waals surface area contributed by atoms with Crippen LogP contribution in [0, 0.1) is 0 Å². The van der Waals surface area contributed by atoms with Crippen LogP contribution in [0.5, 0.6) is 0 Å². The van der Waals surface area contributed by atoms with Crippen molar-refractivity contribution in [2.75, 3.05) is 0 Å². The Labute approximate surface area is 124 Å². The minimum atomic E-state index is -1.09. The SMILES string of the molecule is O=C(O)c1cc(-n2cc(-c3ccncc3)nn2)ccc1Cl. The van der Waals surface area contributed by atoms with Crippen LogP contribution in [0.3, 0.4) is 0 Å². The lowest BCUT2D eigenvalue weighted by atomic mass is 10.2. The van der Waals surface area contributed by atoms with Crippen LogP contribution in [0.1, 0.15) is 10.4 Å². The van der Waals surface area contributed by atoms with Gasteiger partial charge in [-0.2, -0.15) is 0 Å². The summed E-state index contributed by atoms with van der Waals surface area (Å²) in [5.41, 5.74) is 2.15. The minimum absolute atomic E-state index is 0.0233. The number of nitrogens with zero attached hydrogens (tertiary/aromatic N) is 4. The van der Waals surface area contributed by atoms with E-state index in [1.54, 1.807) is 24.7 Å². The second kappa shape index (κ2) is 5.34. The highest BCUT2D eigenvalue weighted by Gasteiger charge is 2.11. The molecule has 0 unspecified atom stereocenters. The Morgan fingerprint density at radius 3 is 2.67 bits per heavy atom. The first-order valence-electron chi connectivity index (χ1n) is 6.01. The van der Waals surface area contributed by atoms with E-state index in [-0.39, 0.29) is 10.6 Å². The van der Waals surface area contributed by atoms with Gasteiger partial charge in [0, 0.05) is 18.0 Å². The smallest absolute Gasteiger partial charge is 0.337 e. The Morgan fingerprint density at radius 1 is 1.19 bits per heavy atom. The normalized spacial score (nSPS) is 10.5. The number of rotatable bonds is 3. The molecule has 7 heteroatoms. The number of pyridine rings is 1. The maximum Gasteiger partial charge on any atom is 0.337 e. The van der Waals surface area contributed by atoms with Gasteiger partial charge in [0.2, 0.25) is 0 Å². The van der Waals surface area contributed by atoms with E-state index >= 15 is 0 Å². The topological polar surface area (TPSA) is 80.9 Å². The number of hydrogen-bond donors (Lipinski definition) is 1. The summed E-state index contributed by atoms with van der Waals surface area (Å²) in [6.45, 7) is 0. The Hall–Kier alpha value is -2.73. The first-order valence-corrected chi connectivity index (χ1v) is 6.39. The minimum Gasteiger partial charge on any atom is -0.478 e. The number of aromatic nitrogens is 4. The molecule has 0 bridgehead atoms. The highest BCUT2D eigenvalue weighted by Crippen LogP contribution is 2.21. The van der Waals surface area contributed by atoms with Crippen LogP contribution in [0.4, 0.5) is 0 Å². The molecule has 0 amide bonds. The van der Waals surface area contributed by atoms with E-state index in [1.165, 1.54) is 16.8 Å². The number of carbonyl (C=O) groups is 1. The average Bonchev–Trinajstić information content (AvgIpc) is 2.98. The van der Waals surface area contributed by atoms with Crippen molar-refractivity contribution in [3.8, 4) is 16.9 Å². The second-order valence-corrected chi connectivity index (χ2v) is 4.66. The molecule has 0 aliphatic carbocycles. The van der Waals surface area contributed by atoms with Crippen molar-refractivity contribution in [1.82, 2.24) is 20.0 Å². The number of hydrogen-bond acceptors (Lipinski definition) is 4. The molecule has 0 saturated carbocycles. The standard InChI is InChI=1S/C14H9ClN4O2/c15-12-2-1-10(7-11(12)14(20)21)19-8-13(17-18-19)9-3-5-16-6-4-9/h1-8H,(H,20,21). The molecule has 2 aromatic heterocycles. The first-order chi connectivity index (χ1) is 10.1. The molecular weight excluding hydrogens is 292 g/mol. The van der Waals surface area contributed by atoms with Gasteiger partial charge in [-0.3, -0.25) is 4.98 Å². The Balaban J connectivity index is 2.01. The van der Waals surface area contributed by atoms with Gasteiger partial charge in [-0.15, -0.1) is 5.10 Å². The van der Waals surface area contributed by atoms with Crippen LogP contribution >= 0.6 is 11.6 Å². The predicted molar refractivity (Wildman–Crippen MR) is 76.6 cm³/mol. The highest BCUT2D eigenvalue weighted by atomic mass is 35.5. The third-order valence-corrected chi connectivity index (χ3v) is 3.24. The quantitative estimate of drug-likeness (QED) is 0.804. The molecule has 0 radical (unpaired) electrons. The van der Waals surface area contributed by atoms with E-state index in [2.05, 4.69) is 15.3 Å². The van der Waals surface area contributed by atoms with Crippen molar-refractivity contribution >= 4 is 17.6 Å². The molecule has 0 aliphatic rings. The van der Waals surface area contributed by atoms with E-state index in [0.29, 0.717) is 11.4 Å². The van der Waals surface area contributed by atoms with Gasteiger partial charge >= 0.3 is 5.97 Å². The summed E-state index contributed by atoms with van der Waals surface area (Å²) in [5, 5.41) is 17.3. The third-order valence-electron chi connectivity index (χ3n) is 2.91. The van der Waals surface area contributed by atoms with E-state index < -0.39 is 5.97 Å². The molecular formula is C14H9ClN4O2. The fraction of sp³-hybridized carbons (Fsp3) is 0. The number of carboxylic acid groups (broad SMARTS) is 1. The van der Waals surface area contributed by atoms with Crippen molar-refractivity contribution in [1.29, 1.82) is 0 Å². The number of halogens is 1. The van der Waals surface area contributed by atoms with Crippen molar-refractivity contribution in [3.05, 3.63) is 59.5 Å². The van der Waals surface area contributed by atoms with Gasteiger partial charge in [0.05, 0.1) is 22.5 Å². The summed E-state index contributed by atoms with van der Waals surface area (Å²) in [6, 6.07) is 8.29. The fourth-order valence-electron chi connectivity index (χ4n) is 1.86. The zero-order chi connectivity index (χ0) is 14.8. The lowest BCUT2D eigenvalue weighted by Crippen LogP contribution is -2.01. The Bertz CT molecular complexity index is 802. The molecule has 0 aliphatic heterocycles. The molecule has 3 rings (SSSR count). The highest BCUT2D eigenvalue weighted by molar-refractivity contribution is 6.33. The number of aromatic carboxylic acids is 1. The molecule has 21 heavy (non-hydrogen) atoms. The summed E-state index contributed by atoms with van der Waals surface area (Å²) in [4.78, 5) is 15.0. The van der Waals surface area contributed by atoms with Crippen LogP contribution < -0.4 is 0 Å². The summed E-state index contributed by atoms with van der Waals surface area (Å²) in [7, 11) is 0. The van der Waals surface area contributed by atoms with Gasteiger partial charge in [0.1, 0.15) is 5.69 Å². The molecule has 6 nitrogen and oxygen atoms in total. The maximum atomic E-state index is 11.1. The maximum absolute atomic E-state index is 11.1. The zero-order valence-corrected chi connectivity index (χ0v) is 11.4. The van der Waals surface area contributed by atoms with Gasteiger partial charge in [-0.25, -0.2) is 9.48 Å². The lowest BCUT2D eigenvalue weighted by molar-refractivity contribution is 0.0697. The fourth-order valence-corrected chi connectivity index (χ4v) is 2.06. The molecule has 1 aromatic carbocycles. The molecule has 0 atom stereocenters. The second-order valence-electron chi connectivity index (χ2n) is 4.25.